The lowest BCUT2D eigenvalue weighted by atomic mass is 9.85. The van der Waals surface area contributed by atoms with Crippen LogP contribution in [0.15, 0.2) is 35.2 Å². The van der Waals surface area contributed by atoms with Crippen LogP contribution in [0, 0.1) is 5.92 Å². The maximum atomic E-state index is 13.0. The summed E-state index contributed by atoms with van der Waals surface area (Å²) >= 11 is 0. The van der Waals surface area contributed by atoms with Gasteiger partial charge in [-0.15, -0.1) is 0 Å². The number of piperazine rings is 1. The van der Waals surface area contributed by atoms with Crippen molar-refractivity contribution in [3.63, 3.8) is 0 Å². The van der Waals surface area contributed by atoms with Crippen molar-refractivity contribution < 1.29 is 17.9 Å². The summed E-state index contributed by atoms with van der Waals surface area (Å²) in [5.74, 6) is 0.514. The van der Waals surface area contributed by atoms with Crippen LogP contribution in [0.5, 0.6) is 0 Å². The minimum atomic E-state index is -3.66. The molecule has 0 bridgehead atoms. The summed E-state index contributed by atoms with van der Waals surface area (Å²) in [4.78, 5) is 15.1. The first-order chi connectivity index (χ1) is 12.0. The summed E-state index contributed by atoms with van der Waals surface area (Å²) < 4.78 is 32.9. The van der Waals surface area contributed by atoms with Gasteiger partial charge in [-0.25, -0.2) is 8.42 Å². The summed E-state index contributed by atoms with van der Waals surface area (Å²) in [6.45, 7) is 2.22. The molecule has 25 heavy (non-hydrogen) atoms. The fraction of sp³-hybridized carbons (Fsp3) is 0.611. The third kappa shape index (κ3) is 3.20. The van der Waals surface area contributed by atoms with Gasteiger partial charge in [0.05, 0.1) is 17.0 Å². The van der Waals surface area contributed by atoms with Crippen molar-refractivity contribution in [3.05, 3.63) is 30.3 Å². The van der Waals surface area contributed by atoms with Crippen molar-refractivity contribution in [3.8, 4) is 0 Å². The zero-order chi connectivity index (χ0) is 17.5. The van der Waals surface area contributed by atoms with Crippen LogP contribution in [-0.2, 0) is 19.6 Å². The molecule has 0 aromatic heterocycles. The van der Waals surface area contributed by atoms with Crippen molar-refractivity contribution in [2.45, 2.75) is 36.1 Å². The molecule has 2 saturated heterocycles. The number of carbonyl (C=O) groups is 1. The van der Waals surface area contributed by atoms with E-state index < -0.39 is 15.6 Å². The van der Waals surface area contributed by atoms with E-state index >= 15 is 0 Å². The number of benzene rings is 1. The number of sulfonamides is 1. The summed E-state index contributed by atoms with van der Waals surface area (Å²) in [6, 6.07) is 8.39. The molecule has 0 radical (unpaired) electrons. The monoisotopic (exact) mass is 364 g/mol. The SMILES string of the molecule is O=C1CN(S(=O)(=O)c2ccccc2)CC2(CCOCC2)N1CC1CC1. The second kappa shape index (κ2) is 6.37. The summed E-state index contributed by atoms with van der Waals surface area (Å²) in [6.07, 6.45) is 3.74. The number of ether oxygens (including phenoxy) is 1. The van der Waals surface area contributed by atoms with E-state index in [1.54, 1.807) is 30.3 Å². The quantitative estimate of drug-likeness (QED) is 0.812. The van der Waals surface area contributed by atoms with Gasteiger partial charge in [-0.2, -0.15) is 4.31 Å². The topological polar surface area (TPSA) is 66.9 Å². The molecule has 0 atom stereocenters. The summed E-state index contributed by atoms with van der Waals surface area (Å²) in [5.41, 5.74) is -0.419. The molecule has 1 aromatic carbocycles. The van der Waals surface area contributed by atoms with Crippen LogP contribution in [0.4, 0.5) is 0 Å². The molecule has 0 unspecified atom stereocenters. The Morgan fingerprint density at radius 2 is 1.80 bits per heavy atom. The minimum absolute atomic E-state index is 0.0629. The van der Waals surface area contributed by atoms with Gasteiger partial charge < -0.3 is 9.64 Å². The van der Waals surface area contributed by atoms with E-state index in [0.717, 1.165) is 6.54 Å². The van der Waals surface area contributed by atoms with E-state index in [-0.39, 0.29) is 17.3 Å². The van der Waals surface area contributed by atoms with Gasteiger partial charge in [0.1, 0.15) is 0 Å². The number of hydrogen-bond acceptors (Lipinski definition) is 4. The molecule has 6 nitrogen and oxygen atoms in total. The van der Waals surface area contributed by atoms with Crippen LogP contribution >= 0.6 is 0 Å². The van der Waals surface area contributed by atoms with Gasteiger partial charge in [0.2, 0.25) is 15.9 Å². The van der Waals surface area contributed by atoms with Crippen LogP contribution in [0.3, 0.4) is 0 Å². The van der Waals surface area contributed by atoms with E-state index in [2.05, 4.69) is 0 Å². The highest BCUT2D eigenvalue weighted by molar-refractivity contribution is 7.89. The molecule has 3 aliphatic rings. The molecule has 136 valence electrons. The third-order valence-corrected chi connectivity index (χ3v) is 7.40. The molecule has 2 aliphatic heterocycles. The standard InChI is InChI=1S/C18H24N2O4S/c21-17-13-19(25(22,23)16-4-2-1-3-5-16)14-18(8-10-24-11-9-18)20(17)12-15-6-7-15/h1-5,15H,6-14H2. The zero-order valence-corrected chi connectivity index (χ0v) is 15.1. The molecular formula is C18H24N2O4S. The fourth-order valence-corrected chi connectivity index (χ4v) is 5.41. The Bertz CT molecular complexity index is 740. The average molecular weight is 364 g/mol. The Balaban J connectivity index is 1.64. The van der Waals surface area contributed by atoms with Crippen molar-refractivity contribution >= 4 is 15.9 Å². The highest BCUT2D eigenvalue weighted by Crippen LogP contribution is 2.39. The number of rotatable bonds is 4. The largest absolute Gasteiger partial charge is 0.381 e. The van der Waals surface area contributed by atoms with E-state index in [4.69, 9.17) is 4.74 Å². The summed E-state index contributed by atoms with van der Waals surface area (Å²) in [7, 11) is -3.66. The number of carbonyl (C=O) groups excluding carboxylic acids is 1. The van der Waals surface area contributed by atoms with Crippen molar-refractivity contribution in [1.82, 2.24) is 9.21 Å². The molecule has 1 saturated carbocycles. The first-order valence-corrected chi connectivity index (χ1v) is 10.4. The molecule has 4 rings (SSSR count). The first-order valence-electron chi connectivity index (χ1n) is 8.95. The molecule has 3 fully saturated rings. The van der Waals surface area contributed by atoms with Gasteiger partial charge in [-0.3, -0.25) is 4.79 Å². The molecule has 0 N–H and O–H groups in total. The molecular weight excluding hydrogens is 340 g/mol. The third-order valence-electron chi connectivity index (χ3n) is 5.60. The predicted octanol–water partition coefficient (Wildman–Crippen LogP) is 1.48. The number of nitrogens with zero attached hydrogens (tertiary/aromatic N) is 2. The number of amides is 1. The maximum Gasteiger partial charge on any atom is 0.243 e. The van der Waals surface area contributed by atoms with Crippen LogP contribution in [0.1, 0.15) is 25.7 Å². The highest BCUT2D eigenvalue weighted by Gasteiger charge is 2.50. The van der Waals surface area contributed by atoms with Gasteiger partial charge in [0.15, 0.2) is 0 Å². The van der Waals surface area contributed by atoms with Crippen molar-refractivity contribution in [1.29, 1.82) is 0 Å². The van der Waals surface area contributed by atoms with Crippen LogP contribution in [0.25, 0.3) is 0 Å². The van der Waals surface area contributed by atoms with Crippen LogP contribution in [0.2, 0.25) is 0 Å². The fourth-order valence-electron chi connectivity index (χ4n) is 3.92. The highest BCUT2D eigenvalue weighted by atomic mass is 32.2. The molecule has 1 aliphatic carbocycles. The van der Waals surface area contributed by atoms with Crippen LogP contribution < -0.4 is 0 Å². The van der Waals surface area contributed by atoms with Gasteiger partial charge in [-0.1, -0.05) is 18.2 Å². The first kappa shape index (κ1) is 17.0. The Morgan fingerprint density at radius 3 is 2.44 bits per heavy atom. The van der Waals surface area contributed by atoms with Gasteiger partial charge in [0.25, 0.3) is 0 Å². The van der Waals surface area contributed by atoms with Gasteiger partial charge >= 0.3 is 0 Å². The average Bonchev–Trinajstić information content (AvgIpc) is 3.44. The normalized spacial score (nSPS) is 24.6. The molecule has 1 spiro atoms. The lowest BCUT2D eigenvalue weighted by molar-refractivity contribution is -0.150. The zero-order valence-electron chi connectivity index (χ0n) is 14.3. The van der Waals surface area contributed by atoms with E-state index in [1.807, 2.05) is 4.90 Å². The predicted molar refractivity (Wildman–Crippen MR) is 92.4 cm³/mol. The summed E-state index contributed by atoms with van der Waals surface area (Å²) in [5, 5.41) is 0. The Morgan fingerprint density at radius 1 is 1.12 bits per heavy atom. The maximum absolute atomic E-state index is 13.0. The molecule has 1 aromatic rings. The molecule has 7 heteroatoms. The Hall–Kier alpha value is -1.44. The lowest BCUT2D eigenvalue weighted by Gasteiger charge is -2.52. The molecule has 1 amide bonds. The minimum Gasteiger partial charge on any atom is -0.381 e. The van der Waals surface area contributed by atoms with E-state index in [0.29, 0.717) is 38.5 Å². The van der Waals surface area contributed by atoms with Gasteiger partial charge in [0, 0.05) is 26.3 Å². The Kier molecular flexibility index (Phi) is 4.33. The second-order valence-electron chi connectivity index (χ2n) is 7.37. The van der Waals surface area contributed by atoms with Gasteiger partial charge in [-0.05, 0) is 43.7 Å². The lowest BCUT2D eigenvalue weighted by Crippen LogP contribution is -2.67. The smallest absolute Gasteiger partial charge is 0.243 e. The van der Waals surface area contributed by atoms with Crippen molar-refractivity contribution in [2.75, 3.05) is 32.8 Å². The Labute approximate surface area is 148 Å². The van der Waals surface area contributed by atoms with E-state index in [9.17, 15) is 13.2 Å². The number of hydrogen-bond donors (Lipinski definition) is 0. The molecule has 2 heterocycles. The van der Waals surface area contributed by atoms with Crippen LogP contribution in [-0.4, -0.2) is 61.9 Å². The second-order valence-corrected chi connectivity index (χ2v) is 9.31. The van der Waals surface area contributed by atoms with E-state index in [1.165, 1.54) is 17.1 Å². The van der Waals surface area contributed by atoms with Crippen molar-refractivity contribution in [2.24, 2.45) is 5.92 Å².